The number of hydrogen-bond acceptors (Lipinski definition) is 1. The van der Waals surface area contributed by atoms with Crippen molar-refractivity contribution >= 4 is 23.2 Å². The number of aryl methyl sites for hydroxylation is 2. The van der Waals surface area contributed by atoms with Crippen LogP contribution in [0.5, 0.6) is 0 Å². The van der Waals surface area contributed by atoms with E-state index in [4.69, 9.17) is 12.2 Å². The Balaban J connectivity index is 2.07. The smallest absolute Gasteiger partial charge is 0.0449 e. The van der Waals surface area contributed by atoms with E-state index in [1.165, 1.54) is 16.7 Å². The van der Waals surface area contributed by atoms with Crippen LogP contribution in [0.3, 0.4) is 0 Å². The molecule has 0 bridgehead atoms. The first kappa shape index (κ1) is 14.7. The second kappa shape index (κ2) is 7.16. The fourth-order valence-corrected chi connectivity index (χ4v) is 2.24. The van der Waals surface area contributed by atoms with E-state index in [-0.39, 0.29) is 0 Å². The molecule has 20 heavy (non-hydrogen) atoms. The van der Waals surface area contributed by atoms with Crippen LogP contribution < -0.4 is 0 Å². The van der Waals surface area contributed by atoms with E-state index in [0.29, 0.717) is 0 Å². The topological polar surface area (TPSA) is 0 Å². The van der Waals surface area contributed by atoms with Crippen molar-refractivity contribution in [3.63, 3.8) is 0 Å². The van der Waals surface area contributed by atoms with Gasteiger partial charge in [0, 0.05) is 4.86 Å². The number of thiocarbonyl (C=S) groups is 1. The Morgan fingerprint density at radius 1 is 0.850 bits per heavy atom. The number of allylic oxidation sites excluding steroid dienone is 1. The van der Waals surface area contributed by atoms with E-state index in [0.717, 1.165) is 23.3 Å². The first-order chi connectivity index (χ1) is 9.72. The van der Waals surface area contributed by atoms with Gasteiger partial charge in [0.2, 0.25) is 0 Å². The van der Waals surface area contributed by atoms with Crippen LogP contribution in [0.15, 0.2) is 54.6 Å². The van der Waals surface area contributed by atoms with Crippen molar-refractivity contribution in [1.82, 2.24) is 0 Å². The maximum atomic E-state index is 5.46. The first-order valence-electron chi connectivity index (χ1n) is 7.13. The minimum Gasteiger partial charge on any atom is -0.0795 e. The van der Waals surface area contributed by atoms with Crippen LogP contribution in [-0.2, 0) is 12.8 Å². The third-order valence-corrected chi connectivity index (χ3v) is 3.83. The molecule has 0 radical (unpaired) electrons. The highest BCUT2D eigenvalue weighted by Gasteiger charge is 1.97. The van der Waals surface area contributed by atoms with Gasteiger partial charge in [-0.2, -0.15) is 0 Å². The number of rotatable bonds is 5. The predicted molar refractivity (Wildman–Crippen MR) is 92.4 cm³/mol. The molecule has 0 heterocycles. The second-order valence-corrected chi connectivity index (χ2v) is 5.28. The van der Waals surface area contributed by atoms with Crippen LogP contribution in [0.2, 0.25) is 0 Å². The van der Waals surface area contributed by atoms with Gasteiger partial charge in [-0.05, 0) is 41.2 Å². The third kappa shape index (κ3) is 3.88. The average molecular weight is 280 g/mol. The SMILES string of the molecule is CCc1ccc(C=CC(=S)c2ccc(CC)cc2)cc1. The molecule has 0 amide bonds. The van der Waals surface area contributed by atoms with E-state index in [1.807, 2.05) is 6.08 Å². The van der Waals surface area contributed by atoms with Gasteiger partial charge in [-0.15, -0.1) is 0 Å². The number of benzene rings is 2. The maximum Gasteiger partial charge on any atom is 0.0449 e. The van der Waals surface area contributed by atoms with E-state index >= 15 is 0 Å². The van der Waals surface area contributed by atoms with Crippen molar-refractivity contribution in [2.24, 2.45) is 0 Å². The lowest BCUT2D eigenvalue weighted by atomic mass is 10.1. The molecular weight excluding hydrogens is 260 g/mol. The Labute approximate surface area is 127 Å². The summed E-state index contributed by atoms with van der Waals surface area (Å²) in [7, 11) is 0. The Morgan fingerprint density at radius 2 is 1.35 bits per heavy atom. The summed E-state index contributed by atoms with van der Waals surface area (Å²) < 4.78 is 0. The van der Waals surface area contributed by atoms with Crippen molar-refractivity contribution in [1.29, 1.82) is 0 Å². The molecule has 0 fully saturated rings. The van der Waals surface area contributed by atoms with Crippen LogP contribution in [-0.4, -0.2) is 4.86 Å². The highest BCUT2D eigenvalue weighted by Crippen LogP contribution is 2.10. The van der Waals surface area contributed by atoms with Crippen molar-refractivity contribution in [2.75, 3.05) is 0 Å². The van der Waals surface area contributed by atoms with E-state index in [1.54, 1.807) is 0 Å². The molecule has 0 N–H and O–H groups in total. The standard InChI is InChI=1S/C19H20S/c1-3-15-5-7-17(8-6-15)11-14-19(20)18-12-9-16(4-2)10-13-18/h5-14H,3-4H2,1-2H3. The first-order valence-corrected chi connectivity index (χ1v) is 7.54. The van der Waals surface area contributed by atoms with Gasteiger partial charge >= 0.3 is 0 Å². The van der Waals surface area contributed by atoms with Crippen LogP contribution in [0.4, 0.5) is 0 Å². The molecule has 0 nitrogen and oxygen atoms in total. The predicted octanol–water partition coefficient (Wildman–Crippen LogP) is 5.24. The molecule has 0 atom stereocenters. The maximum absolute atomic E-state index is 5.46. The normalized spacial score (nSPS) is 10.9. The summed E-state index contributed by atoms with van der Waals surface area (Å²) in [6, 6.07) is 17.1. The Kier molecular flexibility index (Phi) is 5.25. The Morgan fingerprint density at radius 3 is 1.85 bits per heavy atom. The van der Waals surface area contributed by atoms with Gasteiger partial charge < -0.3 is 0 Å². The monoisotopic (exact) mass is 280 g/mol. The molecule has 0 aromatic heterocycles. The lowest BCUT2D eigenvalue weighted by Crippen LogP contribution is -1.92. The Bertz CT molecular complexity index is 589. The molecule has 2 aromatic rings. The largest absolute Gasteiger partial charge is 0.0795 e. The fourth-order valence-electron chi connectivity index (χ4n) is 2.04. The molecule has 0 spiro atoms. The second-order valence-electron chi connectivity index (χ2n) is 4.84. The van der Waals surface area contributed by atoms with E-state index in [2.05, 4.69) is 68.5 Å². The summed E-state index contributed by atoms with van der Waals surface area (Å²) in [6.07, 6.45) is 6.23. The van der Waals surface area contributed by atoms with Gasteiger partial charge in [0.1, 0.15) is 0 Å². The van der Waals surface area contributed by atoms with Gasteiger partial charge in [0.05, 0.1) is 0 Å². The fraction of sp³-hybridized carbons (Fsp3) is 0.211. The van der Waals surface area contributed by atoms with E-state index < -0.39 is 0 Å². The van der Waals surface area contributed by atoms with Gasteiger partial charge in [-0.25, -0.2) is 0 Å². The summed E-state index contributed by atoms with van der Waals surface area (Å²) in [4.78, 5) is 0.882. The highest BCUT2D eigenvalue weighted by atomic mass is 32.1. The molecule has 2 aromatic carbocycles. The van der Waals surface area contributed by atoms with Gasteiger partial charge in [0.25, 0.3) is 0 Å². The molecule has 2 rings (SSSR count). The van der Waals surface area contributed by atoms with Crippen molar-refractivity contribution in [3.05, 3.63) is 76.9 Å². The molecule has 1 heteroatoms. The summed E-state index contributed by atoms with van der Waals surface area (Å²) in [5, 5.41) is 0. The van der Waals surface area contributed by atoms with Crippen LogP contribution in [0, 0.1) is 0 Å². The molecule has 0 aliphatic heterocycles. The van der Waals surface area contributed by atoms with Gasteiger partial charge in [-0.1, -0.05) is 80.7 Å². The molecule has 0 saturated heterocycles. The minimum absolute atomic E-state index is 0.882. The molecule has 102 valence electrons. The zero-order valence-corrected chi connectivity index (χ0v) is 12.9. The average Bonchev–Trinajstić information content (AvgIpc) is 2.53. The van der Waals surface area contributed by atoms with Crippen molar-refractivity contribution < 1.29 is 0 Å². The van der Waals surface area contributed by atoms with Gasteiger partial charge in [0.15, 0.2) is 0 Å². The lowest BCUT2D eigenvalue weighted by Gasteiger charge is -2.01. The zero-order chi connectivity index (χ0) is 14.4. The zero-order valence-electron chi connectivity index (χ0n) is 12.1. The van der Waals surface area contributed by atoms with E-state index in [9.17, 15) is 0 Å². The quantitative estimate of drug-likeness (QED) is 0.410. The summed E-state index contributed by atoms with van der Waals surface area (Å²) in [6.45, 7) is 4.33. The van der Waals surface area contributed by atoms with Gasteiger partial charge in [-0.3, -0.25) is 0 Å². The molecular formula is C19H20S. The number of hydrogen-bond donors (Lipinski definition) is 0. The summed E-state index contributed by atoms with van der Waals surface area (Å²) in [5.74, 6) is 0. The highest BCUT2D eigenvalue weighted by molar-refractivity contribution is 7.81. The lowest BCUT2D eigenvalue weighted by molar-refractivity contribution is 1.14. The van der Waals surface area contributed by atoms with Crippen LogP contribution in [0.1, 0.15) is 36.1 Å². The molecule has 0 unspecified atom stereocenters. The van der Waals surface area contributed by atoms with Crippen molar-refractivity contribution in [2.45, 2.75) is 26.7 Å². The van der Waals surface area contributed by atoms with Crippen molar-refractivity contribution in [3.8, 4) is 0 Å². The Hall–Kier alpha value is -1.73. The molecule has 0 aliphatic rings. The molecule has 0 saturated carbocycles. The van der Waals surface area contributed by atoms with Crippen LogP contribution in [0.25, 0.3) is 6.08 Å². The summed E-state index contributed by atoms with van der Waals surface area (Å²) in [5.41, 5.74) is 5.00. The minimum atomic E-state index is 0.882. The molecule has 0 aliphatic carbocycles. The third-order valence-electron chi connectivity index (χ3n) is 3.46. The van der Waals surface area contributed by atoms with Crippen LogP contribution >= 0.6 is 12.2 Å². The summed E-state index contributed by atoms with van der Waals surface area (Å²) >= 11 is 5.46.